The van der Waals surface area contributed by atoms with Crippen molar-refractivity contribution in [1.82, 2.24) is 10.2 Å². The van der Waals surface area contributed by atoms with E-state index in [0.29, 0.717) is 11.8 Å². The van der Waals surface area contributed by atoms with Crippen molar-refractivity contribution >= 4 is 5.91 Å². The van der Waals surface area contributed by atoms with Crippen LogP contribution in [-0.4, -0.2) is 48.2 Å². The lowest BCUT2D eigenvalue weighted by molar-refractivity contribution is -0.138. The molecule has 2 aliphatic heterocycles. The third kappa shape index (κ3) is 1.77. The molecule has 2 saturated heterocycles. The van der Waals surface area contributed by atoms with Gasteiger partial charge in [-0.2, -0.15) is 0 Å². The van der Waals surface area contributed by atoms with E-state index in [4.69, 9.17) is 0 Å². The van der Waals surface area contributed by atoms with E-state index in [0.717, 1.165) is 32.6 Å². The van der Waals surface area contributed by atoms with Crippen molar-refractivity contribution in [3.05, 3.63) is 0 Å². The summed E-state index contributed by atoms with van der Waals surface area (Å²) in [6, 6.07) is 0. The minimum absolute atomic E-state index is 0.112. The fourth-order valence-electron chi connectivity index (χ4n) is 2.52. The molecule has 0 saturated carbocycles. The Labute approximate surface area is 84.3 Å². The standard InChI is InChI=1S/C10H18N2O2/c1-7(13)10(14)12-5-8-2-3-11-4-9(8)6-12/h7-9,11,13H,2-6H2,1H3/t7-,8?,9?/m0/s1. The zero-order chi connectivity index (χ0) is 10.1. The Bertz CT molecular complexity index is 216. The first-order valence-electron chi connectivity index (χ1n) is 5.36. The van der Waals surface area contributed by atoms with Crippen LogP contribution < -0.4 is 5.32 Å². The Morgan fingerprint density at radius 2 is 2.21 bits per heavy atom. The maximum absolute atomic E-state index is 11.5. The molecule has 4 nitrogen and oxygen atoms in total. The van der Waals surface area contributed by atoms with Gasteiger partial charge in [-0.25, -0.2) is 0 Å². The van der Waals surface area contributed by atoms with E-state index in [1.165, 1.54) is 0 Å². The summed E-state index contributed by atoms with van der Waals surface area (Å²) in [4.78, 5) is 13.4. The van der Waals surface area contributed by atoms with Crippen molar-refractivity contribution in [2.45, 2.75) is 19.4 Å². The van der Waals surface area contributed by atoms with Gasteiger partial charge in [0.2, 0.25) is 0 Å². The van der Waals surface area contributed by atoms with Gasteiger partial charge in [0.15, 0.2) is 0 Å². The van der Waals surface area contributed by atoms with Crippen molar-refractivity contribution in [2.24, 2.45) is 11.8 Å². The molecule has 4 heteroatoms. The molecule has 14 heavy (non-hydrogen) atoms. The molecule has 0 aromatic carbocycles. The molecule has 0 radical (unpaired) electrons. The van der Waals surface area contributed by atoms with E-state index in [-0.39, 0.29) is 5.91 Å². The van der Waals surface area contributed by atoms with Gasteiger partial charge in [0, 0.05) is 13.1 Å². The Kier molecular flexibility index (Phi) is 2.74. The quantitative estimate of drug-likeness (QED) is 0.593. The lowest BCUT2D eigenvalue weighted by Crippen LogP contribution is -2.37. The Balaban J connectivity index is 1.95. The summed E-state index contributed by atoms with van der Waals surface area (Å²) in [6.45, 7) is 5.30. The second kappa shape index (κ2) is 3.87. The predicted molar refractivity (Wildman–Crippen MR) is 52.7 cm³/mol. The highest BCUT2D eigenvalue weighted by atomic mass is 16.3. The smallest absolute Gasteiger partial charge is 0.251 e. The normalized spacial score (nSPS) is 34.0. The summed E-state index contributed by atoms with van der Waals surface area (Å²) < 4.78 is 0. The van der Waals surface area contributed by atoms with E-state index < -0.39 is 6.10 Å². The predicted octanol–water partition coefficient (Wildman–Crippen LogP) is -0.565. The number of nitrogens with one attached hydrogen (secondary N) is 1. The number of likely N-dealkylation sites (tertiary alicyclic amines) is 1. The highest BCUT2D eigenvalue weighted by Crippen LogP contribution is 2.28. The summed E-state index contributed by atoms with van der Waals surface area (Å²) in [5, 5.41) is 12.6. The Morgan fingerprint density at radius 3 is 2.86 bits per heavy atom. The van der Waals surface area contributed by atoms with Gasteiger partial charge in [-0.05, 0) is 38.3 Å². The van der Waals surface area contributed by atoms with Crippen LogP contribution in [0.1, 0.15) is 13.3 Å². The van der Waals surface area contributed by atoms with E-state index >= 15 is 0 Å². The van der Waals surface area contributed by atoms with Gasteiger partial charge in [-0.1, -0.05) is 0 Å². The number of aliphatic hydroxyl groups is 1. The molecule has 0 aliphatic carbocycles. The molecular formula is C10H18N2O2. The molecule has 3 atom stereocenters. The van der Waals surface area contributed by atoms with Crippen LogP contribution in [0.4, 0.5) is 0 Å². The number of amides is 1. The topological polar surface area (TPSA) is 52.6 Å². The van der Waals surface area contributed by atoms with Gasteiger partial charge in [0.05, 0.1) is 0 Å². The first-order chi connectivity index (χ1) is 6.68. The summed E-state index contributed by atoms with van der Waals surface area (Å²) >= 11 is 0. The molecule has 0 bridgehead atoms. The molecule has 2 fully saturated rings. The lowest BCUT2D eigenvalue weighted by Gasteiger charge is -2.23. The average Bonchev–Trinajstić information content (AvgIpc) is 2.59. The van der Waals surface area contributed by atoms with Gasteiger partial charge in [-0.3, -0.25) is 4.79 Å². The van der Waals surface area contributed by atoms with Gasteiger partial charge in [0.1, 0.15) is 6.10 Å². The third-order valence-electron chi connectivity index (χ3n) is 3.34. The van der Waals surface area contributed by atoms with Crippen molar-refractivity contribution in [3.8, 4) is 0 Å². The summed E-state index contributed by atoms with van der Waals surface area (Å²) in [5.74, 6) is 1.14. The number of carbonyl (C=O) groups excluding carboxylic acids is 1. The number of rotatable bonds is 1. The van der Waals surface area contributed by atoms with E-state index in [2.05, 4.69) is 5.32 Å². The van der Waals surface area contributed by atoms with Crippen LogP contribution in [-0.2, 0) is 4.79 Å². The minimum atomic E-state index is -0.844. The highest BCUT2D eigenvalue weighted by Gasteiger charge is 2.37. The van der Waals surface area contributed by atoms with Crippen LogP contribution in [0, 0.1) is 11.8 Å². The summed E-state index contributed by atoms with van der Waals surface area (Å²) in [6.07, 6.45) is 0.317. The minimum Gasteiger partial charge on any atom is -0.384 e. The molecule has 80 valence electrons. The first kappa shape index (κ1) is 9.93. The molecule has 2 heterocycles. The number of fused-ring (bicyclic) bond motifs is 1. The lowest BCUT2D eigenvalue weighted by atomic mass is 9.90. The molecule has 2 unspecified atom stereocenters. The largest absolute Gasteiger partial charge is 0.384 e. The van der Waals surface area contributed by atoms with Crippen LogP contribution in [0.15, 0.2) is 0 Å². The summed E-state index contributed by atoms with van der Waals surface area (Å²) in [5.41, 5.74) is 0. The number of carbonyl (C=O) groups is 1. The van der Waals surface area contributed by atoms with Crippen LogP contribution in [0.5, 0.6) is 0 Å². The fourth-order valence-corrected chi connectivity index (χ4v) is 2.52. The van der Waals surface area contributed by atoms with E-state index in [1.54, 1.807) is 6.92 Å². The summed E-state index contributed by atoms with van der Waals surface area (Å²) in [7, 11) is 0. The van der Waals surface area contributed by atoms with Crippen molar-refractivity contribution in [1.29, 1.82) is 0 Å². The average molecular weight is 198 g/mol. The van der Waals surface area contributed by atoms with Crippen LogP contribution in [0.2, 0.25) is 0 Å². The molecule has 2 aliphatic rings. The highest BCUT2D eigenvalue weighted by molar-refractivity contribution is 5.80. The maximum Gasteiger partial charge on any atom is 0.251 e. The first-order valence-corrected chi connectivity index (χ1v) is 5.36. The van der Waals surface area contributed by atoms with Crippen LogP contribution in [0.25, 0.3) is 0 Å². The van der Waals surface area contributed by atoms with Crippen LogP contribution in [0.3, 0.4) is 0 Å². The van der Waals surface area contributed by atoms with E-state index in [1.807, 2.05) is 4.90 Å². The molecule has 0 aromatic rings. The van der Waals surface area contributed by atoms with Gasteiger partial charge in [-0.15, -0.1) is 0 Å². The van der Waals surface area contributed by atoms with Crippen molar-refractivity contribution in [2.75, 3.05) is 26.2 Å². The Hall–Kier alpha value is -0.610. The van der Waals surface area contributed by atoms with Gasteiger partial charge < -0.3 is 15.3 Å². The third-order valence-corrected chi connectivity index (χ3v) is 3.34. The zero-order valence-electron chi connectivity index (χ0n) is 8.57. The van der Waals surface area contributed by atoms with Crippen molar-refractivity contribution < 1.29 is 9.90 Å². The Morgan fingerprint density at radius 1 is 1.50 bits per heavy atom. The van der Waals surface area contributed by atoms with Gasteiger partial charge in [0.25, 0.3) is 5.91 Å². The molecular weight excluding hydrogens is 180 g/mol. The number of aliphatic hydroxyl groups excluding tert-OH is 1. The van der Waals surface area contributed by atoms with E-state index in [9.17, 15) is 9.90 Å². The monoisotopic (exact) mass is 198 g/mol. The zero-order valence-corrected chi connectivity index (χ0v) is 8.57. The van der Waals surface area contributed by atoms with Crippen molar-refractivity contribution in [3.63, 3.8) is 0 Å². The molecule has 0 aromatic heterocycles. The number of piperidine rings is 1. The fraction of sp³-hybridized carbons (Fsp3) is 0.900. The molecule has 0 spiro atoms. The molecule has 1 amide bonds. The number of hydrogen-bond donors (Lipinski definition) is 2. The number of nitrogens with zero attached hydrogens (tertiary/aromatic N) is 1. The second-order valence-corrected chi connectivity index (χ2v) is 4.43. The SMILES string of the molecule is C[C@H](O)C(=O)N1CC2CCNCC2C1. The molecule has 2 rings (SSSR count). The van der Waals surface area contributed by atoms with Crippen LogP contribution >= 0.6 is 0 Å². The second-order valence-electron chi connectivity index (χ2n) is 4.43. The number of hydrogen-bond acceptors (Lipinski definition) is 3. The maximum atomic E-state index is 11.5. The van der Waals surface area contributed by atoms with Gasteiger partial charge >= 0.3 is 0 Å². The molecule has 2 N–H and O–H groups in total.